The molecule has 0 radical (unpaired) electrons. The minimum absolute atomic E-state index is 0.455. The summed E-state index contributed by atoms with van der Waals surface area (Å²) in [5, 5.41) is 10.5. The molecule has 0 aliphatic heterocycles. The molecule has 0 bridgehead atoms. The highest BCUT2D eigenvalue weighted by Crippen LogP contribution is 2.30. The van der Waals surface area contributed by atoms with Crippen LogP contribution in [0.1, 0.15) is 29.2 Å². The van der Waals surface area contributed by atoms with E-state index >= 15 is 0 Å². The molecule has 0 aliphatic rings. The molecule has 2 heterocycles. The Kier molecular flexibility index (Phi) is 3.49. The second-order valence-corrected chi connectivity index (χ2v) is 5.12. The van der Waals surface area contributed by atoms with E-state index in [1.165, 1.54) is 11.3 Å². The van der Waals surface area contributed by atoms with Crippen molar-refractivity contribution in [3.63, 3.8) is 0 Å². The van der Waals surface area contributed by atoms with Gasteiger partial charge in [-0.15, -0.1) is 0 Å². The van der Waals surface area contributed by atoms with Crippen molar-refractivity contribution in [2.45, 2.75) is 26.5 Å². The second-order valence-electron chi connectivity index (χ2n) is 4.11. The van der Waals surface area contributed by atoms with Gasteiger partial charge in [0.15, 0.2) is 5.13 Å². The first kappa shape index (κ1) is 12.1. The molecule has 5 heteroatoms. The highest BCUT2D eigenvalue weighted by atomic mass is 32.1. The molecule has 0 saturated carbocycles. The van der Waals surface area contributed by atoms with Crippen LogP contribution in [0, 0.1) is 6.92 Å². The Labute approximate surface area is 105 Å². The third kappa shape index (κ3) is 2.68. The molecule has 1 N–H and O–H groups in total. The summed E-state index contributed by atoms with van der Waals surface area (Å²) in [6, 6.07) is 1.94. The van der Waals surface area contributed by atoms with Crippen LogP contribution in [-0.4, -0.2) is 17.1 Å². The lowest BCUT2D eigenvalue weighted by molar-refractivity contribution is 0.202. The van der Waals surface area contributed by atoms with Gasteiger partial charge in [0.2, 0.25) is 0 Å². The molecule has 0 fully saturated rings. The summed E-state index contributed by atoms with van der Waals surface area (Å²) in [4.78, 5) is 7.45. The molecular formula is C12H16N2O2S. The third-order valence-electron chi connectivity index (χ3n) is 2.53. The first-order valence-electron chi connectivity index (χ1n) is 5.45. The largest absolute Gasteiger partial charge is 0.472 e. The molecule has 1 unspecified atom stereocenters. The maximum absolute atomic E-state index is 9.59. The average Bonchev–Trinajstić information content (AvgIpc) is 2.86. The van der Waals surface area contributed by atoms with Gasteiger partial charge in [0.1, 0.15) is 0 Å². The Hall–Kier alpha value is -1.33. The maximum Gasteiger partial charge on any atom is 0.185 e. The van der Waals surface area contributed by atoms with Crippen molar-refractivity contribution in [2.75, 3.05) is 11.9 Å². The van der Waals surface area contributed by atoms with Crippen LogP contribution in [0.25, 0.3) is 0 Å². The van der Waals surface area contributed by atoms with E-state index in [9.17, 15) is 5.11 Å². The van der Waals surface area contributed by atoms with Gasteiger partial charge in [0.05, 0.1) is 29.2 Å². The summed E-state index contributed by atoms with van der Waals surface area (Å²) >= 11 is 1.53. The highest BCUT2D eigenvalue weighted by Gasteiger charge is 2.14. The maximum atomic E-state index is 9.59. The van der Waals surface area contributed by atoms with Crippen LogP contribution in [0.4, 0.5) is 5.13 Å². The number of hydrogen-bond donors (Lipinski definition) is 1. The lowest BCUT2D eigenvalue weighted by atomic mass is 10.3. The molecular weight excluding hydrogens is 236 g/mol. The minimum Gasteiger partial charge on any atom is -0.472 e. The monoisotopic (exact) mass is 252 g/mol. The Morgan fingerprint density at radius 2 is 2.35 bits per heavy atom. The van der Waals surface area contributed by atoms with Gasteiger partial charge in [0.25, 0.3) is 0 Å². The SMILES string of the molecule is Cc1nc(N(C)Cc2ccoc2)sc1C(C)O. The lowest BCUT2D eigenvalue weighted by Crippen LogP contribution is -2.15. The van der Waals surface area contributed by atoms with Crippen LogP contribution in [0.15, 0.2) is 23.0 Å². The van der Waals surface area contributed by atoms with Gasteiger partial charge in [0, 0.05) is 19.2 Å². The summed E-state index contributed by atoms with van der Waals surface area (Å²) in [6.45, 7) is 4.44. The normalized spacial score (nSPS) is 12.7. The predicted molar refractivity (Wildman–Crippen MR) is 68.3 cm³/mol. The lowest BCUT2D eigenvalue weighted by Gasteiger charge is -2.13. The second kappa shape index (κ2) is 4.89. The fraction of sp³-hybridized carbons (Fsp3) is 0.417. The van der Waals surface area contributed by atoms with Gasteiger partial charge < -0.3 is 14.4 Å². The van der Waals surface area contributed by atoms with Crippen LogP contribution < -0.4 is 4.90 Å². The zero-order valence-corrected chi connectivity index (χ0v) is 11.0. The van der Waals surface area contributed by atoms with Crippen molar-refractivity contribution in [3.8, 4) is 0 Å². The van der Waals surface area contributed by atoms with Gasteiger partial charge in [-0.1, -0.05) is 11.3 Å². The van der Waals surface area contributed by atoms with E-state index in [0.717, 1.165) is 27.8 Å². The van der Waals surface area contributed by atoms with E-state index in [0.29, 0.717) is 0 Å². The number of thiazole rings is 1. The summed E-state index contributed by atoms with van der Waals surface area (Å²) < 4.78 is 5.03. The number of rotatable bonds is 4. The van der Waals surface area contributed by atoms with Crippen molar-refractivity contribution in [2.24, 2.45) is 0 Å². The Morgan fingerprint density at radius 3 is 2.88 bits per heavy atom. The third-order valence-corrected chi connectivity index (χ3v) is 3.97. The van der Waals surface area contributed by atoms with Crippen molar-refractivity contribution >= 4 is 16.5 Å². The smallest absolute Gasteiger partial charge is 0.185 e. The fourth-order valence-corrected chi connectivity index (χ4v) is 2.63. The first-order valence-corrected chi connectivity index (χ1v) is 6.27. The Balaban J connectivity index is 2.14. The summed E-state index contributed by atoms with van der Waals surface area (Å²) in [7, 11) is 1.98. The van der Waals surface area contributed by atoms with Gasteiger partial charge in [-0.3, -0.25) is 0 Å². The van der Waals surface area contributed by atoms with E-state index in [2.05, 4.69) is 9.88 Å². The topological polar surface area (TPSA) is 49.5 Å². The van der Waals surface area contributed by atoms with E-state index < -0.39 is 6.10 Å². The van der Waals surface area contributed by atoms with Crippen molar-refractivity contribution in [1.82, 2.24) is 4.98 Å². The van der Waals surface area contributed by atoms with E-state index in [-0.39, 0.29) is 0 Å². The summed E-state index contributed by atoms with van der Waals surface area (Å²) in [5.74, 6) is 0. The standard InChI is InChI=1S/C12H16N2O2S/c1-8-11(9(2)15)17-12(13-8)14(3)6-10-4-5-16-7-10/h4-5,7,9,15H,6H2,1-3H3. The molecule has 0 aliphatic carbocycles. The van der Waals surface area contributed by atoms with Crippen molar-refractivity contribution in [3.05, 3.63) is 34.7 Å². The first-order chi connectivity index (χ1) is 8.08. The highest BCUT2D eigenvalue weighted by molar-refractivity contribution is 7.15. The molecule has 1 atom stereocenters. The van der Waals surface area contributed by atoms with E-state index in [1.54, 1.807) is 19.5 Å². The molecule has 92 valence electrons. The number of nitrogens with zero attached hydrogens (tertiary/aromatic N) is 2. The Morgan fingerprint density at radius 1 is 1.59 bits per heavy atom. The number of anilines is 1. The van der Waals surface area contributed by atoms with Gasteiger partial charge in [-0.2, -0.15) is 0 Å². The number of furan rings is 1. The molecule has 2 aromatic rings. The van der Waals surface area contributed by atoms with E-state index in [4.69, 9.17) is 4.42 Å². The fourth-order valence-electron chi connectivity index (χ4n) is 1.67. The zero-order valence-electron chi connectivity index (χ0n) is 10.2. The molecule has 0 spiro atoms. The van der Waals surface area contributed by atoms with Gasteiger partial charge in [-0.05, 0) is 19.9 Å². The molecule has 0 amide bonds. The summed E-state index contributed by atoms with van der Waals surface area (Å²) in [5.41, 5.74) is 2.01. The molecule has 2 aromatic heterocycles. The molecule has 17 heavy (non-hydrogen) atoms. The quantitative estimate of drug-likeness (QED) is 0.909. The van der Waals surface area contributed by atoms with Crippen LogP contribution in [0.5, 0.6) is 0 Å². The van der Waals surface area contributed by atoms with Crippen molar-refractivity contribution < 1.29 is 9.52 Å². The molecule has 0 aromatic carbocycles. The van der Waals surface area contributed by atoms with Crippen molar-refractivity contribution in [1.29, 1.82) is 0 Å². The van der Waals surface area contributed by atoms with Gasteiger partial charge in [-0.25, -0.2) is 4.98 Å². The number of aromatic nitrogens is 1. The molecule has 4 nitrogen and oxygen atoms in total. The molecule has 0 saturated heterocycles. The van der Waals surface area contributed by atoms with Crippen LogP contribution in [-0.2, 0) is 6.54 Å². The van der Waals surface area contributed by atoms with Crippen LogP contribution >= 0.6 is 11.3 Å². The minimum atomic E-state index is -0.455. The number of aryl methyl sites for hydroxylation is 1. The summed E-state index contributed by atoms with van der Waals surface area (Å²) in [6.07, 6.45) is 2.94. The molecule has 2 rings (SSSR count). The number of aliphatic hydroxyl groups excluding tert-OH is 1. The van der Waals surface area contributed by atoms with Crippen LogP contribution in [0.2, 0.25) is 0 Å². The number of aliphatic hydroxyl groups is 1. The average molecular weight is 252 g/mol. The predicted octanol–water partition coefficient (Wildman–Crippen LogP) is 2.73. The van der Waals surface area contributed by atoms with E-state index in [1.807, 2.05) is 20.0 Å². The number of hydrogen-bond acceptors (Lipinski definition) is 5. The Bertz CT molecular complexity index is 477. The van der Waals surface area contributed by atoms with Gasteiger partial charge >= 0.3 is 0 Å². The zero-order chi connectivity index (χ0) is 12.4. The van der Waals surface area contributed by atoms with Crippen LogP contribution in [0.3, 0.4) is 0 Å².